The third kappa shape index (κ3) is 11.6. The van der Waals surface area contributed by atoms with Crippen LogP contribution in [0.25, 0.3) is 0 Å². The molecule has 27 heavy (non-hydrogen) atoms. The SMILES string of the molecule is CCCCCCCCC#Cc1[se]c(C#CCCCCCCCC)c(Br)c1Br. The molecule has 0 aliphatic rings. The number of rotatable bonds is 12. The fourth-order valence-electron chi connectivity index (χ4n) is 2.82. The summed E-state index contributed by atoms with van der Waals surface area (Å²) in [5.41, 5.74) is 0. The molecule has 0 nitrogen and oxygen atoms in total. The van der Waals surface area contributed by atoms with Crippen LogP contribution in [0.5, 0.6) is 0 Å². The minimum absolute atomic E-state index is 0.250. The summed E-state index contributed by atoms with van der Waals surface area (Å²) >= 11 is 7.65. The Morgan fingerprint density at radius 1 is 0.593 bits per heavy atom. The van der Waals surface area contributed by atoms with Crippen molar-refractivity contribution in [1.82, 2.24) is 0 Å². The van der Waals surface area contributed by atoms with E-state index < -0.39 is 0 Å². The average molecular weight is 561 g/mol. The van der Waals surface area contributed by atoms with Crippen molar-refractivity contribution in [3.63, 3.8) is 0 Å². The Morgan fingerprint density at radius 2 is 0.963 bits per heavy atom. The van der Waals surface area contributed by atoms with E-state index in [1.165, 1.54) is 85.9 Å². The summed E-state index contributed by atoms with van der Waals surface area (Å²) in [4.78, 5) is 0. The van der Waals surface area contributed by atoms with Crippen LogP contribution in [0.2, 0.25) is 0 Å². The Labute approximate surface area is 190 Å². The first-order valence-electron chi connectivity index (χ1n) is 10.7. The van der Waals surface area contributed by atoms with Gasteiger partial charge in [-0.25, -0.2) is 0 Å². The van der Waals surface area contributed by atoms with Crippen molar-refractivity contribution < 1.29 is 0 Å². The van der Waals surface area contributed by atoms with Crippen LogP contribution in [-0.2, 0) is 0 Å². The van der Waals surface area contributed by atoms with Gasteiger partial charge < -0.3 is 0 Å². The zero-order valence-electron chi connectivity index (χ0n) is 17.1. The third-order valence-corrected chi connectivity index (χ3v) is 9.95. The Kier molecular flexibility index (Phi) is 15.8. The molecular weight excluding hydrogens is 527 g/mol. The Bertz CT molecular complexity index is 583. The first kappa shape index (κ1) is 25.1. The van der Waals surface area contributed by atoms with Crippen LogP contribution in [0.4, 0.5) is 0 Å². The van der Waals surface area contributed by atoms with Crippen molar-refractivity contribution in [3.8, 4) is 23.7 Å². The molecule has 0 atom stereocenters. The first-order chi connectivity index (χ1) is 13.2. The summed E-state index contributed by atoms with van der Waals surface area (Å²) in [6.07, 6.45) is 18.0. The second kappa shape index (κ2) is 17.0. The molecule has 0 unspecified atom stereocenters. The second-order valence-electron chi connectivity index (χ2n) is 7.03. The van der Waals surface area contributed by atoms with Gasteiger partial charge in [-0.15, -0.1) is 0 Å². The van der Waals surface area contributed by atoms with E-state index in [0.29, 0.717) is 0 Å². The average Bonchev–Trinajstić information content (AvgIpc) is 2.94. The van der Waals surface area contributed by atoms with Crippen LogP contribution in [0, 0.1) is 23.7 Å². The fourth-order valence-corrected chi connectivity index (χ4v) is 6.60. The van der Waals surface area contributed by atoms with Gasteiger partial charge in [-0.05, 0) is 0 Å². The van der Waals surface area contributed by atoms with Crippen LogP contribution in [0.15, 0.2) is 8.95 Å². The van der Waals surface area contributed by atoms with Gasteiger partial charge in [0.15, 0.2) is 0 Å². The summed E-state index contributed by atoms with van der Waals surface area (Å²) < 4.78 is 4.73. The molecule has 0 fully saturated rings. The van der Waals surface area contributed by atoms with E-state index in [0.717, 1.165) is 21.8 Å². The maximum absolute atomic E-state index is 3.70. The van der Waals surface area contributed by atoms with Crippen molar-refractivity contribution in [2.24, 2.45) is 0 Å². The van der Waals surface area contributed by atoms with Crippen molar-refractivity contribution in [1.29, 1.82) is 0 Å². The van der Waals surface area contributed by atoms with Crippen molar-refractivity contribution in [2.75, 3.05) is 0 Å². The van der Waals surface area contributed by atoms with Crippen LogP contribution in [0.1, 0.15) is 113 Å². The molecule has 0 aliphatic carbocycles. The van der Waals surface area contributed by atoms with Gasteiger partial charge in [0.2, 0.25) is 0 Å². The normalized spacial score (nSPS) is 10.2. The minimum atomic E-state index is 0.250. The Balaban J connectivity index is 2.37. The molecule has 1 heterocycles. The van der Waals surface area contributed by atoms with E-state index >= 15 is 0 Å². The van der Waals surface area contributed by atoms with E-state index in [1.807, 2.05) is 0 Å². The molecule has 0 amide bonds. The van der Waals surface area contributed by atoms with Gasteiger partial charge in [0.25, 0.3) is 0 Å². The molecule has 0 saturated heterocycles. The van der Waals surface area contributed by atoms with Crippen molar-refractivity contribution >= 4 is 46.4 Å². The molecule has 150 valence electrons. The predicted octanol–water partition coefficient (Wildman–Crippen LogP) is 8.47. The van der Waals surface area contributed by atoms with Gasteiger partial charge in [0.1, 0.15) is 0 Å². The van der Waals surface area contributed by atoms with E-state index in [2.05, 4.69) is 69.4 Å². The maximum atomic E-state index is 3.70. The molecular formula is C24H34Br2Se. The second-order valence-corrected chi connectivity index (χ2v) is 10.8. The summed E-state index contributed by atoms with van der Waals surface area (Å²) in [7, 11) is 0. The molecule has 1 aromatic heterocycles. The molecule has 1 aromatic rings. The molecule has 0 aliphatic heterocycles. The van der Waals surface area contributed by atoms with Gasteiger partial charge >= 0.3 is 192 Å². The molecule has 0 aromatic carbocycles. The molecule has 0 saturated carbocycles. The number of hydrogen-bond donors (Lipinski definition) is 0. The summed E-state index contributed by atoms with van der Waals surface area (Å²) in [6.45, 7) is 4.53. The van der Waals surface area contributed by atoms with Gasteiger partial charge in [-0.1, -0.05) is 0 Å². The number of hydrogen-bond acceptors (Lipinski definition) is 0. The van der Waals surface area contributed by atoms with Crippen LogP contribution < -0.4 is 0 Å². The fraction of sp³-hybridized carbons (Fsp3) is 0.667. The standard InChI is InChI=1S/C24H34Br2Se/c1-3-5-7-9-11-13-15-17-19-21-23(25)24(26)22(27-21)20-18-16-14-12-10-8-6-4-2/h3-16H2,1-2H3. The summed E-state index contributed by atoms with van der Waals surface area (Å²) in [5.74, 6) is 13.5. The molecule has 1 rings (SSSR count). The van der Waals surface area contributed by atoms with Gasteiger partial charge in [0.05, 0.1) is 0 Å². The molecule has 0 radical (unpaired) electrons. The van der Waals surface area contributed by atoms with Crippen molar-refractivity contribution in [2.45, 2.75) is 104 Å². The van der Waals surface area contributed by atoms with E-state index in [1.54, 1.807) is 0 Å². The zero-order valence-corrected chi connectivity index (χ0v) is 21.9. The van der Waals surface area contributed by atoms with Gasteiger partial charge in [-0.2, -0.15) is 0 Å². The van der Waals surface area contributed by atoms with Gasteiger partial charge in [-0.3, -0.25) is 0 Å². The zero-order chi connectivity index (χ0) is 19.7. The molecule has 3 heteroatoms. The number of halogens is 2. The quantitative estimate of drug-likeness (QED) is 0.137. The van der Waals surface area contributed by atoms with Crippen LogP contribution in [0.3, 0.4) is 0 Å². The van der Waals surface area contributed by atoms with Gasteiger partial charge in [0, 0.05) is 0 Å². The monoisotopic (exact) mass is 560 g/mol. The molecule has 0 spiro atoms. The predicted molar refractivity (Wildman–Crippen MR) is 129 cm³/mol. The third-order valence-electron chi connectivity index (χ3n) is 4.51. The van der Waals surface area contributed by atoms with E-state index in [-0.39, 0.29) is 14.5 Å². The molecule has 0 N–H and O–H groups in total. The summed E-state index contributed by atoms with van der Waals surface area (Å²) in [6, 6.07) is 0. The summed E-state index contributed by atoms with van der Waals surface area (Å²) in [5, 5.41) is 0. The Morgan fingerprint density at radius 3 is 1.37 bits per heavy atom. The first-order valence-corrected chi connectivity index (χ1v) is 14.0. The van der Waals surface area contributed by atoms with E-state index in [9.17, 15) is 0 Å². The Hall–Kier alpha value is 0.0795. The van der Waals surface area contributed by atoms with E-state index in [4.69, 9.17) is 0 Å². The van der Waals surface area contributed by atoms with Crippen LogP contribution in [-0.4, -0.2) is 14.5 Å². The number of unbranched alkanes of at least 4 members (excludes halogenated alkanes) is 12. The van der Waals surface area contributed by atoms with Crippen molar-refractivity contribution in [3.05, 3.63) is 17.8 Å². The topological polar surface area (TPSA) is 0 Å². The molecule has 0 bridgehead atoms. The van der Waals surface area contributed by atoms with Crippen LogP contribution >= 0.6 is 31.9 Å².